The van der Waals surface area contributed by atoms with E-state index in [9.17, 15) is 15.0 Å². The molecule has 6 nitrogen and oxygen atoms in total. The maximum Gasteiger partial charge on any atom is 0.259 e. The van der Waals surface area contributed by atoms with E-state index < -0.39 is 0 Å². The number of nitrogens with zero attached hydrogens (tertiary/aromatic N) is 1. The first kappa shape index (κ1) is 20.2. The first-order valence-corrected chi connectivity index (χ1v) is 9.91. The molecule has 0 atom stereocenters. The monoisotopic (exact) mass is 505 g/mol. The van der Waals surface area contributed by atoms with Crippen molar-refractivity contribution in [1.29, 1.82) is 0 Å². The molecular formula is C20H17Br2N3O3. The number of fused-ring (bicyclic) bond motifs is 1. The van der Waals surface area contributed by atoms with Crippen LogP contribution in [-0.2, 0) is 4.79 Å². The molecule has 0 aliphatic rings. The Bertz CT molecular complexity index is 1080. The number of nitrogens with one attached hydrogen (secondary N) is 2. The number of hydrogen-bond acceptors (Lipinski definition) is 5. The van der Waals surface area contributed by atoms with Gasteiger partial charge < -0.3 is 15.5 Å². The highest BCUT2D eigenvalue weighted by molar-refractivity contribution is 9.11. The fourth-order valence-corrected chi connectivity index (χ4v) is 3.72. The fourth-order valence-electron chi connectivity index (χ4n) is 2.60. The average molecular weight is 507 g/mol. The van der Waals surface area contributed by atoms with Gasteiger partial charge >= 0.3 is 0 Å². The summed E-state index contributed by atoms with van der Waals surface area (Å²) in [6.07, 6.45) is 0. The minimum atomic E-state index is -0.330. The number of rotatable bonds is 5. The minimum absolute atomic E-state index is 0.0457. The molecule has 3 aromatic carbocycles. The number of carbonyl (C=O) groups is 1. The minimum Gasteiger partial charge on any atom is -0.506 e. The summed E-state index contributed by atoms with van der Waals surface area (Å²) < 4.78 is 0.543. The van der Waals surface area contributed by atoms with Crippen LogP contribution in [0.4, 0.5) is 5.69 Å². The van der Waals surface area contributed by atoms with Gasteiger partial charge in [-0.05, 0) is 67.8 Å². The molecule has 0 fully saturated rings. The molecule has 0 spiro atoms. The molecule has 144 valence electrons. The molecule has 8 heteroatoms. The number of anilines is 1. The zero-order chi connectivity index (χ0) is 20.3. The van der Waals surface area contributed by atoms with Crippen LogP contribution in [0.1, 0.15) is 12.5 Å². The lowest BCUT2D eigenvalue weighted by atomic mass is 10.1. The average Bonchev–Trinajstić information content (AvgIpc) is 2.71. The lowest BCUT2D eigenvalue weighted by Crippen LogP contribution is -2.26. The summed E-state index contributed by atoms with van der Waals surface area (Å²) >= 11 is 6.32. The number of amides is 1. The maximum atomic E-state index is 12.1. The smallest absolute Gasteiger partial charge is 0.259 e. The number of benzene rings is 3. The molecular weight excluding hydrogens is 490 g/mol. The van der Waals surface area contributed by atoms with Crippen LogP contribution in [-0.4, -0.2) is 28.4 Å². The van der Waals surface area contributed by atoms with Gasteiger partial charge in [0.15, 0.2) is 0 Å². The Balaban J connectivity index is 1.64. The number of phenolic OH excluding ortho intramolecular Hbond substituents is 2. The van der Waals surface area contributed by atoms with E-state index in [4.69, 9.17) is 0 Å². The molecule has 0 radical (unpaired) electrons. The summed E-state index contributed by atoms with van der Waals surface area (Å²) in [7, 11) is 0. The molecule has 0 unspecified atom stereocenters. The van der Waals surface area contributed by atoms with Gasteiger partial charge in [-0.25, -0.2) is 5.43 Å². The summed E-state index contributed by atoms with van der Waals surface area (Å²) in [5.41, 5.74) is 4.04. The van der Waals surface area contributed by atoms with E-state index >= 15 is 0 Å². The number of phenols is 2. The molecule has 0 heterocycles. The van der Waals surface area contributed by atoms with Crippen molar-refractivity contribution in [3.8, 4) is 11.5 Å². The highest BCUT2D eigenvalue weighted by Gasteiger charge is 2.16. The molecule has 4 N–H and O–H groups in total. The highest BCUT2D eigenvalue weighted by Crippen LogP contribution is 2.41. The van der Waals surface area contributed by atoms with E-state index in [1.807, 2.05) is 42.5 Å². The normalized spacial score (nSPS) is 11.5. The Kier molecular flexibility index (Phi) is 6.21. The van der Waals surface area contributed by atoms with Crippen molar-refractivity contribution < 1.29 is 15.0 Å². The van der Waals surface area contributed by atoms with Crippen molar-refractivity contribution in [1.82, 2.24) is 5.43 Å². The Morgan fingerprint density at radius 1 is 1.04 bits per heavy atom. The van der Waals surface area contributed by atoms with Gasteiger partial charge in [-0.3, -0.25) is 4.79 Å². The Morgan fingerprint density at radius 2 is 1.75 bits per heavy atom. The highest BCUT2D eigenvalue weighted by atomic mass is 79.9. The molecule has 0 saturated carbocycles. The first-order valence-electron chi connectivity index (χ1n) is 8.33. The second-order valence-corrected chi connectivity index (χ2v) is 7.71. The van der Waals surface area contributed by atoms with E-state index in [1.54, 1.807) is 6.92 Å². The largest absolute Gasteiger partial charge is 0.506 e. The Hall–Kier alpha value is -2.58. The molecule has 0 saturated heterocycles. The lowest BCUT2D eigenvalue weighted by Gasteiger charge is -2.10. The summed E-state index contributed by atoms with van der Waals surface area (Å²) in [5, 5.41) is 29.2. The van der Waals surface area contributed by atoms with Crippen molar-refractivity contribution in [2.24, 2.45) is 5.10 Å². The number of carbonyl (C=O) groups excluding carboxylic acids is 1. The van der Waals surface area contributed by atoms with Crippen LogP contribution < -0.4 is 10.7 Å². The van der Waals surface area contributed by atoms with Gasteiger partial charge in [-0.1, -0.05) is 30.3 Å². The van der Waals surface area contributed by atoms with Crippen molar-refractivity contribution in [2.45, 2.75) is 6.92 Å². The molecule has 0 aliphatic heterocycles. The zero-order valence-corrected chi connectivity index (χ0v) is 18.0. The summed E-state index contributed by atoms with van der Waals surface area (Å²) in [4.78, 5) is 12.1. The van der Waals surface area contributed by atoms with Crippen molar-refractivity contribution in [2.75, 3.05) is 11.9 Å². The van der Waals surface area contributed by atoms with Crippen LogP contribution >= 0.6 is 31.9 Å². The topological polar surface area (TPSA) is 94.0 Å². The first-order chi connectivity index (χ1) is 13.4. The van der Waals surface area contributed by atoms with Crippen molar-refractivity contribution in [3.63, 3.8) is 0 Å². The van der Waals surface area contributed by atoms with E-state index in [0.717, 1.165) is 16.5 Å². The van der Waals surface area contributed by atoms with Crippen LogP contribution in [0.2, 0.25) is 0 Å². The summed E-state index contributed by atoms with van der Waals surface area (Å²) in [5.74, 6) is -0.605. The molecule has 0 bridgehead atoms. The SMILES string of the molecule is CC(=NNC(=O)CNc1ccc2ccccc2c1)c1cc(Br)c(O)c(Br)c1O. The molecule has 3 rings (SSSR count). The van der Waals surface area contributed by atoms with Gasteiger partial charge in [0.2, 0.25) is 0 Å². The Labute approximate surface area is 178 Å². The van der Waals surface area contributed by atoms with Gasteiger partial charge in [-0.2, -0.15) is 5.10 Å². The third kappa shape index (κ3) is 4.45. The summed E-state index contributed by atoms with van der Waals surface area (Å²) in [6.45, 7) is 1.69. The third-order valence-electron chi connectivity index (χ3n) is 4.11. The van der Waals surface area contributed by atoms with Gasteiger partial charge in [0.1, 0.15) is 16.0 Å². The second kappa shape index (κ2) is 8.62. The van der Waals surface area contributed by atoms with Crippen LogP contribution in [0.25, 0.3) is 10.8 Å². The molecule has 3 aromatic rings. The van der Waals surface area contributed by atoms with Gasteiger partial charge in [0.05, 0.1) is 16.7 Å². The second-order valence-electron chi connectivity index (χ2n) is 6.06. The van der Waals surface area contributed by atoms with Crippen molar-refractivity contribution >= 4 is 59.9 Å². The van der Waals surface area contributed by atoms with Crippen LogP contribution in [0.15, 0.2) is 62.6 Å². The third-order valence-corrected chi connectivity index (χ3v) is 5.46. The molecule has 0 aromatic heterocycles. The Morgan fingerprint density at radius 3 is 2.50 bits per heavy atom. The number of hydrogen-bond donors (Lipinski definition) is 4. The number of halogens is 2. The predicted octanol–water partition coefficient (Wildman–Crippen LogP) is 4.73. The maximum absolute atomic E-state index is 12.1. The molecule has 0 aliphatic carbocycles. The summed E-state index contributed by atoms with van der Waals surface area (Å²) in [6, 6.07) is 15.4. The molecule has 28 heavy (non-hydrogen) atoms. The van der Waals surface area contributed by atoms with Crippen molar-refractivity contribution in [3.05, 3.63) is 63.0 Å². The zero-order valence-electron chi connectivity index (χ0n) is 14.8. The van der Waals surface area contributed by atoms with E-state index in [0.29, 0.717) is 15.7 Å². The number of aromatic hydroxyl groups is 2. The fraction of sp³-hybridized carbons (Fsp3) is 0.100. The van der Waals surface area contributed by atoms with Crippen LogP contribution in [0.3, 0.4) is 0 Å². The van der Waals surface area contributed by atoms with Crippen LogP contribution in [0, 0.1) is 0 Å². The van der Waals surface area contributed by atoms with E-state index in [1.165, 1.54) is 6.07 Å². The van der Waals surface area contributed by atoms with Gasteiger partial charge in [-0.15, -0.1) is 0 Å². The predicted molar refractivity (Wildman–Crippen MR) is 118 cm³/mol. The van der Waals surface area contributed by atoms with Gasteiger partial charge in [0, 0.05) is 11.3 Å². The molecule has 1 amide bonds. The van der Waals surface area contributed by atoms with E-state index in [-0.39, 0.29) is 28.4 Å². The van der Waals surface area contributed by atoms with Crippen LogP contribution in [0.5, 0.6) is 11.5 Å². The number of hydrazone groups is 1. The quantitative estimate of drug-likeness (QED) is 0.297. The van der Waals surface area contributed by atoms with E-state index in [2.05, 4.69) is 47.7 Å². The lowest BCUT2D eigenvalue weighted by molar-refractivity contribution is -0.119. The standard InChI is InChI=1S/C20H17Br2N3O3/c1-11(15-9-16(21)20(28)18(22)19(15)27)24-25-17(26)10-23-14-7-6-12-4-2-3-5-13(12)8-14/h2-9,23,27-28H,10H2,1H3,(H,25,26). The van der Waals surface area contributed by atoms with Gasteiger partial charge in [0.25, 0.3) is 5.91 Å².